The molecule has 0 amide bonds. The topological polar surface area (TPSA) is 8.17 Å². The van der Waals surface area contributed by atoms with Gasteiger partial charge in [0.1, 0.15) is 0 Å². The van der Waals surface area contributed by atoms with Crippen LogP contribution in [-0.4, -0.2) is 4.57 Å². The SMILES string of the molecule is c1ccc(-c2cccc(-n3c4ccccc4c4ccc(N(c5ccccc5)c5ccc(-c6ccccc6)c6ccccc56)cc43)c2-c2ccccc2)cc1. The van der Waals surface area contributed by atoms with Crippen molar-refractivity contribution in [1.29, 1.82) is 0 Å². The lowest BCUT2D eigenvalue weighted by atomic mass is 9.93. The van der Waals surface area contributed by atoms with Gasteiger partial charge >= 0.3 is 0 Å². The molecular weight excluding hydrogens is 653 g/mol. The number of hydrogen-bond donors (Lipinski definition) is 0. The van der Waals surface area contributed by atoms with Gasteiger partial charge in [-0.25, -0.2) is 0 Å². The van der Waals surface area contributed by atoms with Crippen molar-refractivity contribution in [3.63, 3.8) is 0 Å². The molecule has 1 aromatic heterocycles. The predicted octanol–water partition coefficient (Wildman–Crippen LogP) is 14.4. The van der Waals surface area contributed by atoms with E-state index in [2.05, 4.69) is 228 Å². The van der Waals surface area contributed by atoms with Gasteiger partial charge in [0.2, 0.25) is 0 Å². The largest absolute Gasteiger partial charge is 0.310 e. The molecular formula is C52H36N2. The zero-order valence-electron chi connectivity index (χ0n) is 29.7. The molecule has 0 spiro atoms. The zero-order chi connectivity index (χ0) is 35.8. The van der Waals surface area contributed by atoms with E-state index in [1.165, 1.54) is 60.4 Å². The first-order chi connectivity index (χ1) is 26.8. The molecule has 0 unspecified atom stereocenters. The summed E-state index contributed by atoms with van der Waals surface area (Å²) in [5, 5.41) is 4.87. The minimum atomic E-state index is 1.09. The average molecular weight is 689 g/mol. The maximum Gasteiger partial charge on any atom is 0.0562 e. The smallest absolute Gasteiger partial charge is 0.0562 e. The van der Waals surface area contributed by atoms with Crippen LogP contribution in [0.1, 0.15) is 0 Å². The van der Waals surface area contributed by atoms with Crippen molar-refractivity contribution in [2.24, 2.45) is 0 Å². The first-order valence-corrected chi connectivity index (χ1v) is 18.5. The molecule has 1 heterocycles. The van der Waals surface area contributed by atoms with Crippen molar-refractivity contribution in [2.75, 3.05) is 4.90 Å². The Morgan fingerprint density at radius 1 is 0.315 bits per heavy atom. The molecule has 0 bridgehead atoms. The van der Waals surface area contributed by atoms with E-state index in [0.29, 0.717) is 0 Å². The highest BCUT2D eigenvalue weighted by Gasteiger charge is 2.22. The maximum atomic E-state index is 2.47. The number of benzene rings is 9. The molecule has 0 N–H and O–H groups in total. The molecule has 10 aromatic rings. The van der Waals surface area contributed by atoms with Crippen LogP contribution in [0.15, 0.2) is 218 Å². The second kappa shape index (κ2) is 13.4. The van der Waals surface area contributed by atoms with Gasteiger partial charge in [-0.1, -0.05) is 176 Å². The second-order valence-corrected chi connectivity index (χ2v) is 13.7. The summed E-state index contributed by atoms with van der Waals surface area (Å²) in [7, 11) is 0. The van der Waals surface area contributed by atoms with Gasteiger partial charge in [-0.3, -0.25) is 0 Å². The molecule has 2 nitrogen and oxygen atoms in total. The van der Waals surface area contributed by atoms with Crippen LogP contribution in [0, 0.1) is 0 Å². The molecule has 0 aliphatic heterocycles. The molecule has 0 fully saturated rings. The minimum Gasteiger partial charge on any atom is -0.310 e. The fourth-order valence-corrected chi connectivity index (χ4v) is 8.20. The van der Waals surface area contributed by atoms with Gasteiger partial charge in [0.15, 0.2) is 0 Å². The number of fused-ring (bicyclic) bond motifs is 4. The van der Waals surface area contributed by atoms with E-state index in [1.54, 1.807) is 0 Å². The third-order valence-electron chi connectivity index (χ3n) is 10.6. The van der Waals surface area contributed by atoms with Crippen LogP contribution in [0.2, 0.25) is 0 Å². The monoisotopic (exact) mass is 688 g/mol. The molecule has 0 saturated heterocycles. The molecule has 0 aliphatic carbocycles. The van der Waals surface area contributed by atoms with Gasteiger partial charge in [-0.2, -0.15) is 0 Å². The highest BCUT2D eigenvalue weighted by Crippen LogP contribution is 2.45. The summed E-state index contributed by atoms with van der Waals surface area (Å²) in [5.41, 5.74) is 14.0. The van der Waals surface area contributed by atoms with Gasteiger partial charge in [-0.15, -0.1) is 0 Å². The van der Waals surface area contributed by atoms with Crippen molar-refractivity contribution in [2.45, 2.75) is 0 Å². The highest BCUT2D eigenvalue weighted by atomic mass is 15.1. The zero-order valence-corrected chi connectivity index (χ0v) is 29.7. The third-order valence-corrected chi connectivity index (χ3v) is 10.6. The second-order valence-electron chi connectivity index (χ2n) is 13.7. The quantitative estimate of drug-likeness (QED) is 0.162. The molecule has 0 radical (unpaired) electrons. The predicted molar refractivity (Wildman–Crippen MR) is 229 cm³/mol. The van der Waals surface area contributed by atoms with Crippen LogP contribution in [0.3, 0.4) is 0 Å². The van der Waals surface area contributed by atoms with Crippen molar-refractivity contribution in [3.8, 4) is 39.1 Å². The number of rotatable bonds is 7. The van der Waals surface area contributed by atoms with E-state index in [-0.39, 0.29) is 0 Å². The Morgan fingerprint density at radius 3 is 1.57 bits per heavy atom. The van der Waals surface area contributed by atoms with Crippen LogP contribution < -0.4 is 4.90 Å². The Balaban J connectivity index is 1.25. The van der Waals surface area contributed by atoms with Crippen LogP contribution >= 0.6 is 0 Å². The molecule has 254 valence electrons. The van der Waals surface area contributed by atoms with Crippen LogP contribution in [0.4, 0.5) is 17.1 Å². The molecule has 9 aromatic carbocycles. The lowest BCUT2D eigenvalue weighted by molar-refractivity contribution is 1.18. The number of hydrogen-bond acceptors (Lipinski definition) is 1. The third kappa shape index (κ3) is 5.36. The molecule has 2 heteroatoms. The van der Waals surface area contributed by atoms with E-state index < -0.39 is 0 Å². The first-order valence-electron chi connectivity index (χ1n) is 18.5. The number of aromatic nitrogens is 1. The van der Waals surface area contributed by atoms with Crippen molar-refractivity contribution in [1.82, 2.24) is 4.57 Å². The van der Waals surface area contributed by atoms with Crippen LogP contribution in [0.5, 0.6) is 0 Å². The molecule has 0 atom stereocenters. The number of para-hydroxylation sites is 2. The van der Waals surface area contributed by atoms with Gasteiger partial charge in [0.25, 0.3) is 0 Å². The van der Waals surface area contributed by atoms with Gasteiger partial charge in [0.05, 0.1) is 22.4 Å². The normalized spacial score (nSPS) is 11.3. The van der Waals surface area contributed by atoms with E-state index in [4.69, 9.17) is 0 Å². The summed E-state index contributed by atoms with van der Waals surface area (Å²) < 4.78 is 2.47. The standard InChI is InChI=1S/C52H36N2/c1-5-18-37(19-6-1)42-34-35-49(45-27-14-13-26-44(42)45)53(40-24-11-4-12-25-40)41-32-33-47-46-28-15-16-30-48(46)54(51(47)36-41)50-31-17-29-43(38-20-7-2-8-21-38)52(50)39-22-9-3-10-23-39/h1-36H. The minimum absolute atomic E-state index is 1.09. The van der Waals surface area contributed by atoms with Gasteiger partial charge in [0, 0.05) is 33.1 Å². The first kappa shape index (κ1) is 31.6. The van der Waals surface area contributed by atoms with E-state index in [9.17, 15) is 0 Å². The van der Waals surface area contributed by atoms with Crippen LogP contribution in [0.25, 0.3) is 71.6 Å². The fraction of sp³-hybridized carbons (Fsp3) is 0. The van der Waals surface area contributed by atoms with Crippen LogP contribution in [-0.2, 0) is 0 Å². The highest BCUT2D eigenvalue weighted by molar-refractivity contribution is 6.12. The Hall–Kier alpha value is -7.16. The lowest BCUT2D eigenvalue weighted by Gasteiger charge is -2.28. The van der Waals surface area contributed by atoms with Gasteiger partial charge in [-0.05, 0) is 75.7 Å². The summed E-state index contributed by atoms with van der Waals surface area (Å²) in [4.78, 5) is 2.41. The summed E-state index contributed by atoms with van der Waals surface area (Å²) in [6, 6.07) is 78.9. The Labute approximate surface area is 315 Å². The summed E-state index contributed by atoms with van der Waals surface area (Å²) in [6.07, 6.45) is 0. The number of anilines is 3. The van der Waals surface area contributed by atoms with E-state index >= 15 is 0 Å². The summed E-state index contributed by atoms with van der Waals surface area (Å²) >= 11 is 0. The molecule has 10 rings (SSSR count). The fourth-order valence-electron chi connectivity index (χ4n) is 8.20. The number of nitrogens with zero attached hydrogens (tertiary/aromatic N) is 2. The molecule has 0 saturated carbocycles. The average Bonchev–Trinajstić information content (AvgIpc) is 3.58. The van der Waals surface area contributed by atoms with Crippen molar-refractivity contribution in [3.05, 3.63) is 218 Å². The van der Waals surface area contributed by atoms with Gasteiger partial charge < -0.3 is 9.47 Å². The summed E-state index contributed by atoms with van der Waals surface area (Å²) in [6.45, 7) is 0. The summed E-state index contributed by atoms with van der Waals surface area (Å²) in [5.74, 6) is 0. The Morgan fingerprint density at radius 2 is 0.870 bits per heavy atom. The molecule has 0 aliphatic rings. The lowest BCUT2D eigenvalue weighted by Crippen LogP contribution is -2.11. The van der Waals surface area contributed by atoms with Crippen molar-refractivity contribution >= 4 is 49.6 Å². The van der Waals surface area contributed by atoms with Crippen molar-refractivity contribution < 1.29 is 0 Å². The van der Waals surface area contributed by atoms with E-state index in [0.717, 1.165) is 28.3 Å². The van der Waals surface area contributed by atoms with E-state index in [1.807, 2.05) is 0 Å². The maximum absolute atomic E-state index is 2.47. The molecule has 54 heavy (non-hydrogen) atoms. The Kier molecular flexibility index (Phi) is 7.85. The Bertz CT molecular complexity index is 2910.